The van der Waals surface area contributed by atoms with Crippen molar-refractivity contribution < 1.29 is 19.1 Å². The fourth-order valence-electron chi connectivity index (χ4n) is 2.11. The minimum Gasteiger partial charge on any atom is -0.473 e. The molecule has 2 amide bonds. The number of carbonyl (C=O) groups is 2. The van der Waals surface area contributed by atoms with Crippen molar-refractivity contribution in [1.29, 1.82) is 0 Å². The molecular formula is C18H20N2O4. The van der Waals surface area contributed by atoms with Crippen LogP contribution in [0.3, 0.4) is 0 Å². The Kier molecular flexibility index (Phi) is 5.78. The second kappa shape index (κ2) is 8.01. The topological polar surface area (TPSA) is 76.7 Å². The van der Waals surface area contributed by atoms with E-state index in [0.29, 0.717) is 11.4 Å². The van der Waals surface area contributed by atoms with Gasteiger partial charge in [0.2, 0.25) is 0 Å². The van der Waals surface area contributed by atoms with Crippen LogP contribution in [0.5, 0.6) is 5.75 Å². The van der Waals surface area contributed by atoms with Crippen molar-refractivity contribution in [2.75, 3.05) is 19.2 Å². The van der Waals surface area contributed by atoms with Crippen LogP contribution in [0, 0.1) is 13.8 Å². The maximum Gasteiger partial charge on any atom is 0.339 e. The predicted octanol–water partition coefficient (Wildman–Crippen LogP) is 3.25. The van der Waals surface area contributed by atoms with Gasteiger partial charge in [0.15, 0.2) is 6.73 Å². The van der Waals surface area contributed by atoms with Gasteiger partial charge >= 0.3 is 12.0 Å². The second-order valence-electron chi connectivity index (χ2n) is 5.15. The highest BCUT2D eigenvalue weighted by atomic mass is 16.5. The molecule has 0 radical (unpaired) electrons. The van der Waals surface area contributed by atoms with E-state index in [1.807, 2.05) is 32.0 Å². The van der Waals surface area contributed by atoms with Crippen molar-refractivity contribution >= 4 is 17.7 Å². The van der Waals surface area contributed by atoms with Crippen molar-refractivity contribution in [3.63, 3.8) is 0 Å². The molecule has 0 aliphatic heterocycles. The Morgan fingerprint density at radius 3 is 2.54 bits per heavy atom. The van der Waals surface area contributed by atoms with E-state index in [0.717, 1.165) is 11.1 Å². The summed E-state index contributed by atoms with van der Waals surface area (Å²) in [6.07, 6.45) is 0. The third-order valence-electron chi connectivity index (χ3n) is 3.60. The summed E-state index contributed by atoms with van der Waals surface area (Å²) in [7, 11) is 1.29. The van der Waals surface area contributed by atoms with Gasteiger partial charge < -0.3 is 20.1 Å². The molecule has 0 aliphatic rings. The summed E-state index contributed by atoms with van der Waals surface area (Å²) >= 11 is 0. The van der Waals surface area contributed by atoms with Crippen molar-refractivity contribution in [3.05, 3.63) is 59.2 Å². The van der Waals surface area contributed by atoms with Gasteiger partial charge in [-0.25, -0.2) is 9.59 Å². The highest BCUT2D eigenvalue weighted by molar-refractivity contribution is 6.00. The summed E-state index contributed by atoms with van der Waals surface area (Å²) in [4.78, 5) is 23.6. The Balaban J connectivity index is 1.93. The number of benzene rings is 2. The zero-order valence-electron chi connectivity index (χ0n) is 13.9. The molecule has 24 heavy (non-hydrogen) atoms. The molecule has 0 aliphatic carbocycles. The summed E-state index contributed by atoms with van der Waals surface area (Å²) in [5.41, 5.74) is 2.79. The predicted molar refractivity (Wildman–Crippen MR) is 91.3 cm³/mol. The molecule has 0 saturated heterocycles. The molecule has 0 heterocycles. The van der Waals surface area contributed by atoms with Crippen molar-refractivity contribution in [1.82, 2.24) is 5.32 Å². The Morgan fingerprint density at radius 1 is 1.04 bits per heavy atom. The molecule has 0 spiro atoms. The van der Waals surface area contributed by atoms with Crippen LogP contribution in [-0.2, 0) is 4.74 Å². The van der Waals surface area contributed by atoms with Gasteiger partial charge in [0, 0.05) is 0 Å². The second-order valence-corrected chi connectivity index (χ2v) is 5.15. The van der Waals surface area contributed by atoms with E-state index in [2.05, 4.69) is 15.4 Å². The van der Waals surface area contributed by atoms with E-state index in [4.69, 9.17) is 4.74 Å². The smallest absolute Gasteiger partial charge is 0.339 e. The number of aryl methyl sites for hydroxylation is 1. The maximum absolute atomic E-state index is 12.0. The minimum atomic E-state index is -0.516. The average molecular weight is 328 g/mol. The molecule has 0 atom stereocenters. The van der Waals surface area contributed by atoms with Crippen LogP contribution in [0.2, 0.25) is 0 Å². The van der Waals surface area contributed by atoms with E-state index in [1.165, 1.54) is 7.11 Å². The number of hydrogen-bond donors (Lipinski definition) is 2. The fraction of sp³-hybridized carbons (Fsp3) is 0.222. The number of carbonyl (C=O) groups excluding carboxylic acids is 2. The molecule has 6 heteroatoms. The van der Waals surface area contributed by atoms with E-state index in [1.54, 1.807) is 24.3 Å². The van der Waals surface area contributed by atoms with Crippen molar-refractivity contribution in [2.45, 2.75) is 13.8 Å². The Bertz CT molecular complexity index is 744. The normalized spacial score (nSPS) is 9.96. The molecule has 0 bridgehead atoms. The molecule has 0 aromatic heterocycles. The van der Waals surface area contributed by atoms with Gasteiger partial charge in [-0.1, -0.05) is 24.3 Å². The van der Waals surface area contributed by atoms with Crippen LogP contribution < -0.4 is 15.4 Å². The number of anilines is 1. The lowest BCUT2D eigenvalue weighted by Crippen LogP contribution is -2.32. The van der Waals surface area contributed by atoms with Crippen LogP contribution in [0.4, 0.5) is 10.5 Å². The molecule has 2 aromatic rings. The Hall–Kier alpha value is -3.02. The van der Waals surface area contributed by atoms with Gasteiger partial charge in [-0.2, -0.15) is 0 Å². The lowest BCUT2D eigenvalue weighted by molar-refractivity contribution is 0.0602. The Labute approximate surface area is 140 Å². The van der Waals surface area contributed by atoms with Crippen molar-refractivity contribution in [3.8, 4) is 5.75 Å². The van der Waals surface area contributed by atoms with E-state index < -0.39 is 12.0 Å². The molecule has 0 saturated carbocycles. The number of nitrogens with one attached hydrogen (secondary N) is 2. The monoisotopic (exact) mass is 328 g/mol. The molecule has 126 valence electrons. The highest BCUT2D eigenvalue weighted by Crippen LogP contribution is 2.20. The number of methoxy groups -OCH3 is 1. The number of hydrogen-bond acceptors (Lipinski definition) is 4. The first-order valence-electron chi connectivity index (χ1n) is 7.44. The van der Waals surface area contributed by atoms with Crippen molar-refractivity contribution in [2.24, 2.45) is 0 Å². The van der Waals surface area contributed by atoms with E-state index in [-0.39, 0.29) is 12.3 Å². The number of esters is 1. The first kappa shape index (κ1) is 17.3. The average Bonchev–Trinajstić information content (AvgIpc) is 2.58. The summed E-state index contributed by atoms with van der Waals surface area (Å²) in [6, 6.07) is 11.9. The number of rotatable bonds is 5. The van der Waals surface area contributed by atoms with Crippen LogP contribution in [0.1, 0.15) is 21.5 Å². The SMILES string of the molecule is COC(=O)c1ccccc1NC(=O)NCOc1cccc(C)c1C. The molecule has 0 unspecified atom stereocenters. The first-order chi connectivity index (χ1) is 11.5. The highest BCUT2D eigenvalue weighted by Gasteiger charge is 2.13. The lowest BCUT2D eigenvalue weighted by Gasteiger charge is -2.13. The number of ether oxygens (including phenoxy) is 2. The van der Waals surface area contributed by atoms with Crippen LogP contribution >= 0.6 is 0 Å². The third-order valence-corrected chi connectivity index (χ3v) is 3.60. The third kappa shape index (κ3) is 4.25. The lowest BCUT2D eigenvalue weighted by atomic mass is 10.1. The van der Waals surface area contributed by atoms with Gasteiger partial charge in [-0.15, -0.1) is 0 Å². The number of para-hydroxylation sites is 1. The molecule has 0 fully saturated rings. The number of urea groups is 1. The quantitative estimate of drug-likeness (QED) is 0.652. The molecule has 2 aromatic carbocycles. The van der Waals surface area contributed by atoms with Gasteiger partial charge in [0.05, 0.1) is 18.4 Å². The van der Waals surface area contributed by atoms with Gasteiger partial charge in [0.25, 0.3) is 0 Å². The van der Waals surface area contributed by atoms with Gasteiger partial charge in [0.1, 0.15) is 5.75 Å². The first-order valence-corrected chi connectivity index (χ1v) is 7.44. The van der Waals surface area contributed by atoms with E-state index in [9.17, 15) is 9.59 Å². The fourth-order valence-corrected chi connectivity index (χ4v) is 2.11. The largest absolute Gasteiger partial charge is 0.473 e. The standard InChI is InChI=1S/C18H20N2O4/c1-12-7-6-10-16(13(12)2)24-11-19-18(22)20-15-9-5-4-8-14(15)17(21)23-3/h4-10H,11H2,1-3H3,(H2,19,20,22). The molecule has 2 rings (SSSR count). The zero-order valence-corrected chi connectivity index (χ0v) is 13.9. The maximum atomic E-state index is 12.0. The summed E-state index contributed by atoms with van der Waals surface area (Å²) in [5, 5.41) is 5.19. The summed E-state index contributed by atoms with van der Waals surface area (Å²) in [5.74, 6) is 0.197. The van der Waals surface area contributed by atoms with Crippen LogP contribution in [0.25, 0.3) is 0 Å². The molecular weight excluding hydrogens is 308 g/mol. The van der Waals surface area contributed by atoms with Gasteiger partial charge in [-0.05, 0) is 43.2 Å². The molecule has 6 nitrogen and oxygen atoms in total. The van der Waals surface area contributed by atoms with Gasteiger partial charge in [-0.3, -0.25) is 0 Å². The number of amides is 2. The Morgan fingerprint density at radius 2 is 1.79 bits per heavy atom. The van der Waals surface area contributed by atoms with Crippen LogP contribution in [0.15, 0.2) is 42.5 Å². The summed E-state index contributed by atoms with van der Waals surface area (Å²) in [6.45, 7) is 3.96. The summed E-state index contributed by atoms with van der Waals surface area (Å²) < 4.78 is 10.2. The van der Waals surface area contributed by atoms with E-state index >= 15 is 0 Å². The minimum absolute atomic E-state index is 0.0104. The van der Waals surface area contributed by atoms with Crippen LogP contribution in [-0.4, -0.2) is 25.8 Å². The zero-order chi connectivity index (χ0) is 17.5. The molecule has 2 N–H and O–H groups in total.